The quantitative estimate of drug-likeness (QED) is 0.756. The maximum absolute atomic E-state index is 12.2. The van der Waals surface area contributed by atoms with Crippen molar-refractivity contribution >= 4 is 34.2 Å². The lowest BCUT2D eigenvalue weighted by Crippen LogP contribution is -2.22. The normalized spacial score (nSPS) is 16.3. The van der Waals surface area contributed by atoms with Crippen LogP contribution in [0.3, 0.4) is 0 Å². The van der Waals surface area contributed by atoms with Gasteiger partial charge in [-0.05, 0) is 43.6 Å². The van der Waals surface area contributed by atoms with Gasteiger partial charge in [0.2, 0.25) is 5.91 Å². The highest BCUT2D eigenvalue weighted by atomic mass is 32.1. The first-order valence-corrected chi connectivity index (χ1v) is 9.00. The van der Waals surface area contributed by atoms with Gasteiger partial charge in [0.15, 0.2) is 0 Å². The SMILES string of the molecule is CC[C@@H]1CCc2c(sc(NC(=O)CCCC(=O)[O-])c2C(=O)OC)C1. The number of carboxylic acids is 1. The predicted octanol–water partition coefficient (Wildman–Crippen LogP) is 1.91. The van der Waals surface area contributed by atoms with Crippen LogP contribution in [-0.2, 0) is 27.2 Å². The molecule has 0 fully saturated rings. The van der Waals surface area contributed by atoms with E-state index in [-0.39, 0.29) is 25.2 Å². The van der Waals surface area contributed by atoms with Crippen molar-refractivity contribution in [2.24, 2.45) is 5.92 Å². The van der Waals surface area contributed by atoms with Crippen molar-refractivity contribution < 1.29 is 24.2 Å². The van der Waals surface area contributed by atoms with Gasteiger partial charge in [0.25, 0.3) is 0 Å². The number of esters is 1. The number of nitrogens with one attached hydrogen (secondary N) is 1. The molecule has 132 valence electrons. The molecule has 1 amide bonds. The van der Waals surface area contributed by atoms with Gasteiger partial charge in [0.1, 0.15) is 5.00 Å². The fourth-order valence-corrected chi connectivity index (χ4v) is 4.36. The molecule has 1 aromatic rings. The largest absolute Gasteiger partial charge is 0.550 e. The first-order valence-electron chi connectivity index (χ1n) is 8.18. The van der Waals surface area contributed by atoms with Gasteiger partial charge in [0.05, 0.1) is 12.7 Å². The van der Waals surface area contributed by atoms with E-state index in [1.54, 1.807) is 0 Å². The number of hydrogen-bond acceptors (Lipinski definition) is 6. The predicted molar refractivity (Wildman–Crippen MR) is 89.0 cm³/mol. The van der Waals surface area contributed by atoms with Gasteiger partial charge >= 0.3 is 5.97 Å². The van der Waals surface area contributed by atoms with E-state index in [2.05, 4.69) is 12.2 Å². The molecule has 0 unspecified atom stereocenters. The summed E-state index contributed by atoms with van der Waals surface area (Å²) < 4.78 is 4.88. The van der Waals surface area contributed by atoms with Crippen LogP contribution in [0.15, 0.2) is 0 Å². The highest BCUT2D eigenvalue weighted by Gasteiger charge is 2.29. The topological polar surface area (TPSA) is 95.5 Å². The number of thiophene rings is 1. The zero-order valence-electron chi connectivity index (χ0n) is 14.0. The van der Waals surface area contributed by atoms with Crippen molar-refractivity contribution in [1.29, 1.82) is 0 Å². The summed E-state index contributed by atoms with van der Waals surface area (Å²) in [6.07, 6.45) is 3.99. The molecule has 2 rings (SSSR count). The van der Waals surface area contributed by atoms with Crippen LogP contribution in [0.5, 0.6) is 0 Å². The molecule has 0 bridgehead atoms. The van der Waals surface area contributed by atoms with E-state index in [0.717, 1.165) is 36.1 Å². The van der Waals surface area contributed by atoms with Crippen LogP contribution in [0.25, 0.3) is 0 Å². The van der Waals surface area contributed by atoms with Crippen molar-refractivity contribution in [2.45, 2.75) is 51.9 Å². The van der Waals surface area contributed by atoms with E-state index >= 15 is 0 Å². The Hall–Kier alpha value is -1.89. The molecule has 6 nitrogen and oxygen atoms in total. The summed E-state index contributed by atoms with van der Waals surface area (Å²) in [5.74, 6) is -1.30. The van der Waals surface area contributed by atoms with Crippen molar-refractivity contribution in [3.05, 3.63) is 16.0 Å². The molecule has 1 atom stereocenters. The first-order chi connectivity index (χ1) is 11.5. The highest BCUT2D eigenvalue weighted by Crippen LogP contribution is 2.40. The van der Waals surface area contributed by atoms with E-state index < -0.39 is 11.9 Å². The molecule has 1 aromatic heterocycles. The number of hydrogen-bond donors (Lipinski definition) is 1. The Labute approximate surface area is 145 Å². The van der Waals surface area contributed by atoms with E-state index in [4.69, 9.17) is 4.74 Å². The average Bonchev–Trinajstić information content (AvgIpc) is 2.90. The van der Waals surface area contributed by atoms with Gasteiger partial charge in [-0.15, -0.1) is 11.3 Å². The van der Waals surface area contributed by atoms with E-state index in [0.29, 0.717) is 16.5 Å². The zero-order chi connectivity index (χ0) is 17.7. The average molecular weight is 352 g/mol. The number of anilines is 1. The number of aliphatic carboxylic acids is 1. The molecule has 0 radical (unpaired) electrons. The standard InChI is InChI=1S/C17H23NO5S/c1-3-10-7-8-11-12(9-10)24-16(15(11)17(22)23-2)18-13(19)5-4-6-14(20)21/h10H,3-9H2,1-2H3,(H,18,19)(H,20,21)/p-1/t10-/m1/s1. The second-order valence-electron chi connectivity index (χ2n) is 5.99. The van der Waals surface area contributed by atoms with E-state index in [1.165, 1.54) is 18.4 Å². The lowest BCUT2D eigenvalue weighted by molar-refractivity contribution is -0.305. The zero-order valence-corrected chi connectivity index (χ0v) is 14.8. The first kappa shape index (κ1) is 18.4. The summed E-state index contributed by atoms with van der Waals surface area (Å²) in [4.78, 5) is 35.7. The minimum atomic E-state index is -1.17. The van der Waals surface area contributed by atoms with Crippen LogP contribution in [0.4, 0.5) is 5.00 Å². The summed E-state index contributed by atoms with van der Waals surface area (Å²) >= 11 is 1.43. The number of carbonyl (C=O) groups excluding carboxylic acids is 3. The smallest absolute Gasteiger partial charge is 0.341 e. The number of fused-ring (bicyclic) bond motifs is 1. The van der Waals surface area contributed by atoms with Crippen LogP contribution in [0.1, 0.15) is 59.8 Å². The molecule has 1 aliphatic carbocycles. The maximum atomic E-state index is 12.2. The molecule has 0 aliphatic heterocycles. The number of ether oxygens (including phenoxy) is 1. The molecule has 1 N–H and O–H groups in total. The molecule has 0 saturated heterocycles. The number of rotatable bonds is 7. The second kappa shape index (κ2) is 8.28. The Morgan fingerprint density at radius 3 is 2.71 bits per heavy atom. The van der Waals surface area contributed by atoms with Gasteiger partial charge in [0, 0.05) is 17.3 Å². The molecule has 1 aliphatic rings. The monoisotopic (exact) mass is 352 g/mol. The van der Waals surface area contributed by atoms with E-state index in [9.17, 15) is 19.5 Å². The van der Waals surface area contributed by atoms with Crippen molar-refractivity contribution in [3.8, 4) is 0 Å². The van der Waals surface area contributed by atoms with Crippen LogP contribution in [0.2, 0.25) is 0 Å². The van der Waals surface area contributed by atoms with Crippen LogP contribution >= 0.6 is 11.3 Å². The van der Waals surface area contributed by atoms with Crippen LogP contribution < -0.4 is 10.4 Å². The van der Waals surface area contributed by atoms with Gasteiger partial charge in [-0.1, -0.05) is 13.3 Å². The summed E-state index contributed by atoms with van der Waals surface area (Å²) in [7, 11) is 1.33. The summed E-state index contributed by atoms with van der Waals surface area (Å²) in [6.45, 7) is 2.16. The molecule has 0 saturated carbocycles. The Morgan fingerprint density at radius 2 is 2.08 bits per heavy atom. The van der Waals surface area contributed by atoms with Crippen LogP contribution in [0, 0.1) is 5.92 Å². The third kappa shape index (κ3) is 4.35. The molecular weight excluding hydrogens is 330 g/mol. The maximum Gasteiger partial charge on any atom is 0.341 e. The van der Waals surface area contributed by atoms with Crippen LogP contribution in [-0.4, -0.2) is 25.0 Å². The minimum Gasteiger partial charge on any atom is -0.550 e. The van der Waals surface area contributed by atoms with E-state index in [1.807, 2.05) is 0 Å². The van der Waals surface area contributed by atoms with Crippen molar-refractivity contribution in [2.75, 3.05) is 12.4 Å². The summed E-state index contributed by atoms with van der Waals surface area (Å²) in [5.41, 5.74) is 1.45. The Bertz CT molecular complexity index is 637. The number of carbonyl (C=O) groups is 3. The number of carboxylic acid groups (broad SMARTS) is 1. The number of methoxy groups -OCH3 is 1. The Balaban J connectivity index is 2.16. The fraction of sp³-hybridized carbons (Fsp3) is 0.588. The molecule has 0 spiro atoms. The number of amides is 1. The lowest BCUT2D eigenvalue weighted by Gasteiger charge is -2.20. The highest BCUT2D eigenvalue weighted by molar-refractivity contribution is 7.17. The van der Waals surface area contributed by atoms with Crippen molar-refractivity contribution in [1.82, 2.24) is 0 Å². The second-order valence-corrected chi connectivity index (χ2v) is 7.10. The molecule has 0 aromatic carbocycles. The van der Waals surface area contributed by atoms with Gasteiger partial charge < -0.3 is 20.0 Å². The Morgan fingerprint density at radius 1 is 1.33 bits per heavy atom. The van der Waals surface area contributed by atoms with Gasteiger partial charge in [-0.3, -0.25) is 4.79 Å². The lowest BCUT2D eigenvalue weighted by atomic mass is 9.85. The minimum absolute atomic E-state index is 0.0781. The third-order valence-corrected chi connectivity index (χ3v) is 5.54. The fourth-order valence-electron chi connectivity index (χ4n) is 2.99. The summed E-state index contributed by atoms with van der Waals surface area (Å²) in [5, 5.41) is 13.7. The summed E-state index contributed by atoms with van der Waals surface area (Å²) in [6, 6.07) is 0. The Kier molecular flexibility index (Phi) is 6.36. The molecular formula is C17H22NO5S-. The molecule has 1 heterocycles. The third-order valence-electron chi connectivity index (χ3n) is 4.37. The van der Waals surface area contributed by atoms with Gasteiger partial charge in [-0.2, -0.15) is 0 Å². The van der Waals surface area contributed by atoms with Gasteiger partial charge in [-0.25, -0.2) is 4.79 Å². The molecule has 24 heavy (non-hydrogen) atoms. The van der Waals surface area contributed by atoms with Crippen molar-refractivity contribution in [3.63, 3.8) is 0 Å². The molecule has 7 heteroatoms.